The second kappa shape index (κ2) is 12.5. The summed E-state index contributed by atoms with van der Waals surface area (Å²) in [4.78, 5) is 10.5. The zero-order chi connectivity index (χ0) is 36.3. The standard InChI is InChI=1S/C53H34N2/c1-4-16-36(17-5-1)51-50-44-24-11-10-15-35(44)29-30-49(50)54-52(55-51)40-19-14-18-37(31-40)38-27-28-39-33-46-45-25-12-13-26-47(45)53(42-20-6-2-7-21-42,43-22-8-3-9-23-43)48(46)34-41(39)32-38/h1-34H. The molecule has 1 aromatic heterocycles. The zero-order valence-electron chi connectivity index (χ0n) is 30.0. The van der Waals surface area contributed by atoms with E-state index in [1.165, 1.54) is 49.5 Å². The Hall–Kier alpha value is -7.16. The van der Waals surface area contributed by atoms with Crippen molar-refractivity contribution in [1.82, 2.24) is 9.97 Å². The van der Waals surface area contributed by atoms with Crippen molar-refractivity contribution in [3.63, 3.8) is 0 Å². The van der Waals surface area contributed by atoms with Gasteiger partial charge in [-0.2, -0.15) is 0 Å². The lowest BCUT2D eigenvalue weighted by Gasteiger charge is -2.34. The van der Waals surface area contributed by atoms with Gasteiger partial charge in [-0.25, -0.2) is 9.97 Å². The normalized spacial score (nSPS) is 12.9. The van der Waals surface area contributed by atoms with E-state index in [1.54, 1.807) is 0 Å². The molecule has 10 aromatic rings. The van der Waals surface area contributed by atoms with Gasteiger partial charge in [0.25, 0.3) is 0 Å². The van der Waals surface area contributed by atoms with E-state index in [0.717, 1.165) is 50.1 Å². The summed E-state index contributed by atoms with van der Waals surface area (Å²) in [5, 5.41) is 5.86. The van der Waals surface area contributed by atoms with Crippen LogP contribution in [0.5, 0.6) is 0 Å². The van der Waals surface area contributed by atoms with E-state index in [0.29, 0.717) is 0 Å². The minimum atomic E-state index is -0.437. The lowest BCUT2D eigenvalue weighted by Crippen LogP contribution is -2.28. The molecule has 256 valence electrons. The number of rotatable bonds is 5. The monoisotopic (exact) mass is 698 g/mol. The number of benzene rings is 9. The Morgan fingerprint density at radius 1 is 0.345 bits per heavy atom. The molecule has 0 fully saturated rings. The average Bonchev–Trinajstić information content (AvgIpc) is 3.55. The highest BCUT2D eigenvalue weighted by Crippen LogP contribution is 2.57. The summed E-state index contributed by atoms with van der Waals surface area (Å²) in [6.07, 6.45) is 0. The first-order valence-corrected chi connectivity index (χ1v) is 18.9. The van der Waals surface area contributed by atoms with Crippen LogP contribution in [0.1, 0.15) is 22.3 Å². The summed E-state index contributed by atoms with van der Waals surface area (Å²) in [5.74, 6) is 0.718. The minimum Gasteiger partial charge on any atom is -0.228 e. The van der Waals surface area contributed by atoms with Crippen LogP contribution in [-0.2, 0) is 5.41 Å². The van der Waals surface area contributed by atoms with Gasteiger partial charge in [0.2, 0.25) is 0 Å². The molecule has 1 heterocycles. The van der Waals surface area contributed by atoms with E-state index in [4.69, 9.17) is 9.97 Å². The van der Waals surface area contributed by atoms with Gasteiger partial charge in [-0.3, -0.25) is 0 Å². The average molecular weight is 699 g/mol. The lowest BCUT2D eigenvalue weighted by molar-refractivity contribution is 0.769. The van der Waals surface area contributed by atoms with E-state index < -0.39 is 5.41 Å². The van der Waals surface area contributed by atoms with E-state index in [-0.39, 0.29) is 0 Å². The molecule has 0 saturated carbocycles. The van der Waals surface area contributed by atoms with Crippen molar-refractivity contribution in [2.24, 2.45) is 0 Å². The summed E-state index contributed by atoms with van der Waals surface area (Å²) in [6, 6.07) is 74.6. The smallest absolute Gasteiger partial charge is 0.160 e. The van der Waals surface area contributed by atoms with Crippen LogP contribution in [-0.4, -0.2) is 9.97 Å². The number of nitrogens with zero attached hydrogens (tertiary/aromatic N) is 2. The van der Waals surface area contributed by atoms with Crippen molar-refractivity contribution < 1.29 is 0 Å². The zero-order valence-corrected chi connectivity index (χ0v) is 30.0. The van der Waals surface area contributed by atoms with Gasteiger partial charge in [0.1, 0.15) is 0 Å². The van der Waals surface area contributed by atoms with Crippen LogP contribution in [0.15, 0.2) is 206 Å². The van der Waals surface area contributed by atoms with Crippen molar-refractivity contribution in [1.29, 1.82) is 0 Å². The van der Waals surface area contributed by atoms with Crippen LogP contribution in [0.3, 0.4) is 0 Å². The molecule has 9 aromatic carbocycles. The molecule has 0 unspecified atom stereocenters. The summed E-state index contributed by atoms with van der Waals surface area (Å²) < 4.78 is 0. The van der Waals surface area contributed by atoms with Crippen molar-refractivity contribution in [3.8, 4) is 44.9 Å². The second-order valence-electron chi connectivity index (χ2n) is 14.5. The molecule has 2 nitrogen and oxygen atoms in total. The van der Waals surface area contributed by atoms with E-state index in [9.17, 15) is 0 Å². The first-order valence-electron chi connectivity index (χ1n) is 18.9. The molecule has 0 spiro atoms. The molecule has 55 heavy (non-hydrogen) atoms. The Morgan fingerprint density at radius 2 is 0.982 bits per heavy atom. The van der Waals surface area contributed by atoms with Crippen LogP contribution in [0.25, 0.3) is 77.3 Å². The molecule has 2 heteroatoms. The van der Waals surface area contributed by atoms with Crippen molar-refractivity contribution in [2.45, 2.75) is 5.41 Å². The molecule has 0 aliphatic heterocycles. The first kappa shape index (κ1) is 31.4. The Morgan fingerprint density at radius 3 is 1.78 bits per heavy atom. The third kappa shape index (κ3) is 4.89. The van der Waals surface area contributed by atoms with Crippen molar-refractivity contribution in [3.05, 3.63) is 229 Å². The SMILES string of the molecule is c1ccc(-c2nc(-c3cccc(-c4ccc5cc6c(cc5c4)C(c4ccccc4)(c4ccccc4)c4ccccc4-6)c3)nc3ccc4ccccc4c23)cc1. The Kier molecular flexibility index (Phi) is 7.11. The number of hydrogen-bond donors (Lipinski definition) is 0. The van der Waals surface area contributed by atoms with Crippen LogP contribution in [0, 0.1) is 0 Å². The Labute approximate surface area is 320 Å². The van der Waals surface area contributed by atoms with Crippen LogP contribution in [0.2, 0.25) is 0 Å². The summed E-state index contributed by atoms with van der Waals surface area (Å²) in [7, 11) is 0. The maximum atomic E-state index is 5.30. The molecular weight excluding hydrogens is 665 g/mol. The van der Waals surface area contributed by atoms with E-state index >= 15 is 0 Å². The molecule has 0 amide bonds. The first-order chi connectivity index (χ1) is 27.3. The lowest BCUT2D eigenvalue weighted by atomic mass is 9.67. The van der Waals surface area contributed by atoms with Crippen LogP contribution >= 0.6 is 0 Å². The highest BCUT2D eigenvalue weighted by Gasteiger charge is 2.46. The number of fused-ring (bicyclic) bond motifs is 7. The van der Waals surface area contributed by atoms with Crippen molar-refractivity contribution >= 4 is 32.4 Å². The third-order valence-electron chi connectivity index (χ3n) is 11.5. The highest BCUT2D eigenvalue weighted by molar-refractivity contribution is 6.12. The van der Waals surface area contributed by atoms with Gasteiger partial charge in [-0.15, -0.1) is 0 Å². The van der Waals surface area contributed by atoms with Gasteiger partial charge in [-0.05, 0) is 96.4 Å². The Bertz CT molecular complexity index is 3040. The quantitative estimate of drug-likeness (QED) is 0.167. The predicted octanol–water partition coefficient (Wildman–Crippen LogP) is 13.3. The van der Waals surface area contributed by atoms with Gasteiger partial charge in [0, 0.05) is 16.5 Å². The van der Waals surface area contributed by atoms with Gasteiger partial charge >= 0.3 is 0 Å². The molecule has 1 aliphatic carbocycles. The summed E-state index contributed by atoms with van der Waals surface area (Å²) in [6.45, 7) is 0. The van der Waals surface area contributed by atoms with Gasteiger partial charge < -0.3 is 0 Å². The summed E-state index contributed by atoms with van der Waals surface area (Å²) in [5.41, 5.74) is 13.6. The maximum Gasteiger partial charge on any atom is 0.160 e. The predicted molar refractivity (Wildman–Crippen MR) is 228 cm³/mol. The third-order valence-corrected chi connectivity index (χ3v) is 11.5. The molecule has 0 saturated heterocycles. The highest BCUT2D eigenvalue weighted by atomic mass is 14.9. The molecule has 0 N–H and O–H groups in total. The van der Waals surface area contributed by atoms with E-state index in [2.05, 4.69) is 206 Å². The molecule has 0 bridgehead atoms. The van der Waals surface area contributed by atoms with Crippen LogP contribution < -0.4 is 0 Å². The molecule has 11 rings (SSSR count). The number of hydrogen-bond acceptors (Lipinski definition) is 2. The fourth-order valence-corrected chi connectivity index (χ4v) is 9.04. The molecular formula is C53H34N2. The second-order valence-corrected chi connectivity index (χ2v) is 14.5. The van der Waals surface area contributed by atoms with E-state index in [1.807, 2.05) is 0 Å². The minimum absolute atomic E-state index is 0.437. The maximum absolute atomic E-state index is 5.30. The fraction of sp³-hybridized carbons (Fsp3) is 0.0189. The largest absolute Gasteiger partial charge is 0.228 e. The topological polar surface area (TPSA) is 25.8 Å². The van der Waals surface area contributed by atoms with Gasteiger partial charge in [-0.1, -0.05) is 176 Å². The van der Waals surface area contributed by atoms with Gasteiger partial charge in [0.15, 0.2) is 5.82 Å². The van der Waals surface area contributed by atoms with Crippen molar-refractivity contribution in [2.75, 3.05) is 0 Å². The van der Waals surface area contributed by atoms with Gasteiger partial charge in [0.05, 0.1) is 16.6 Å². The fourth-order valence-electron chi connectivity index (χ4n) is 9.04. The molecule has 1 aliphatic rings. The number of aromatic nitrogens is 2. The molecule has 0 atom stereocenters. The Balaban J connectivity index is 1.08. The van der Waals surface area contributed by atoms with Crippen LogP contribution in [0.4, 0.5) is 0 Å². The molecule has 0 radical (unpaired) electrons. The summed E-state index contributed by atoms with van der Waals surface area (Å²) >= 11 is 0.